The normalized spacial score (nSPS) is 14.3. The number of ether oxygens (including phenoxy) is 1. The minimum absolute atomic E-state index is 0.0513. The average Bonchev–Trinajstić information content (AvgIpc) is 2.52. The molecule has 2 amide bonds. The molecule has 0 bridgehead atoms. The molecule has 0 aromatic heterocycles. The maximum absolute atomic E-state index is 13.4. The van der Waals surface area contributed by atoms with Crippen LogP contribution in [-0.2, 0) is 20.7 Å². The van der Waals surface area contributed by atoms with Gasteiger partial charge in [-0.15, -0.1) is 0 Å². The summed E-state index contributed by atoms with van der Waals surface area (Å²) < 4.78 is 31.9. The van der Waals surface area contributed by atoms with Crippen molar-refractivity contribution in [3.05, 3.63) is 35.4 Å². The van der Waals surface area contributed by atoms with Crippen molar-refractivity contribution in [3.63, 3.8) is 0 Å². The van der Waals surface area contributed by atoms with Crippen LogP contribution < -0.4 is 10.6 Å². The highest BCUT2D eigenvalue weighted by molar-refractivity contribution is 5.77. The summed E-state index contributed by atoms with van der Waals surface area (Å²) >= 11 is 0. The van der Waals surface area contributed by atoms with E-state index in [-0.39, 0.29) is 37.3 Å². The first-order chi connectivity index (χ1) is 12.7. The van der Waals surface area contributed by atoms with Crippen LogP contribution in [0.2, 0.25) is 0 Å². The van der Waals surface area contributed by atoms with E-state index in [0.29, 0.717) is 12.2 Å². The summed E-state index contributed by atoms with van der Waals surface area (Å²) in [5.41, 5.74) is 0.315. The molecule has 27 heavy (non-hydrogen) atoms. The predicted molar refractivity (Wildman–Crippen MR) is 97.0 cm³/mol. The lowest BCUT2D eigenvalue weighted by molar-refractivity contribution is -0.126. The lowest BCUT2D eigenvalue weighted by atomic mass is 9.96. The van der Waals surface area contributed by atoms with Crippen LogP contribution in [0.4, 0.5) is 8.78 Å². The molecular formula is C19H28F2N2O4. The minimum Gasteiger partial charge on any atom is -0.391 e. The fraction of sp³-hybridized carbons (Fsp3) is 0.579. The summed E-state index contributed by atoms with van der Waals surface area (Å²) in [6, 6.07) is 1.94. The Morgan fingerprint density at radius 2 is 1.81 bits per heavy atom. The third-order valence-electron chi connectivity index (χ3n) is 3.82. The second kappa shape index (κ2) is 11.6. The third kappa shape index (κ3) is 9.44. The van der Waals surface area contributed by atoms with Crippen molar-refractivity contribution in [1.82, 2.24) is 10.6 Å². The first-order valence-electron chi connectivity index (χ1n) is 8.98. The predicted octanol–water partition coefficient (Wildman–Crippen LogP) is 1.69. The molecule has 0 aliphatic rings. The molecular weight excluding hydrogens is 358 g/mol. The third-order valence-corrected chi connectivity index (χ3v) is 3.82. The van der Waals surface area contributed by atoms with Crippen LogP contribution in [0.1, 0.15) is 39.2 Å². The van der Waals surface area contributed by atoms with Crippen LogP contribution in [0, 0.1) is 11.6 Å². The summed E-state index contributed by atoms with van der Waals surface area (Å²) in [5, 5.41) is 15.8. The largest absolute Gasteiger partial charge is 0.391 e. The van der Waals surface area contributed by atoms with Crippen LogP contribution in [0.15, 0.2) is 18.2 Å². The molecule has 3 unspecified atom stereocenters. The Morgan fingerprint density at radius 1 is 1.19 bits per heavy atom. The lowest BCUT2D eigenvalue weighted by Gasteiger charge is -2.26. The summed E-state index contributed by atoms with van der Waals surface area (Å²) in [4.78, 5) is 23.2. The fourth-order valence-corrected chi connectivity index (χ4v) is 2.74. The molecule has 0 aliphatic heterocycles. The molecule has 0 aliphatic carbocycles. The highest BCUT2D eigenvalue weighted by atomic mass is 19.1. The number of hydrogen-bond donors (Lipinski definition) is 3. The Bertz CT molecular complexity index is 607. The highest BCUT2D eigenvalue weighted by Gasteiger charge is 2.24. The topological polar surface area (TPSA) is 87.7 Å². The number of carbonyl (C=O) groups is 2. The average molecular weight is 386 g/mol. The van der Waals surface area contributed by atoms with E-state index in [4.69, 9.17) is 4.74 Å². The van der Waals surface area contributed by atoms with Gasteiger partial charge in [-0.1, -0.05) is 6.92 Å². The van der Waals surface area contributed by atoms with E-state index < -0.39 is 23.8 Å². The van der Waals surface area contributed by atoms with Crippen molar-refractivity contribution in [2.45, 2.75) is 58.2 Å². The first-order valence-corrected chi connectivity index (χ1v) is 8.98. The summed E-state index contributed by atoms with van der Waals surface area (Å²) in [5.74, 6) is -2.13. The molecule has 0 fully saturated rings. The smallest absolute Gasteiger partial charge is 0.246 e. The van der Waals surface area contributed by atoms with Crippen molar-refractivity contribution < 1.29 is 28.2 Å². The van der Waals surface area contributed by atoms with Gasteiger partial charge in [-0.05, 0) is 43.9 Å². The molecule has 1 aromatic carbocycles. The minimum atomic E-state index is -1.02. The van der Waals surface area contributed by atoms with Crippen LogP contribution in [0.5, 0.6) is 0 Å². The van der Waals surface area contributed by atoms with Gasteiger partial charge < -0.3 is 20.5 Å². The van der Waals surface area contributed by atoms with Gasteiger partial charge in [-0.2, -0.15) is 0 Å². The standard InChI is InChI=1S/C19H28F2N2O4/c1-4-5-27-11-19(26)22-12(2)6-18(25)17(23-13(3)24)9-14-7-15(20)10-16(21)8-14/h7-8,10,12,17-18,25H,4-6,9,11H2,1-3H3,(H,22,26)(H,23,24). The Labute approximate surface area is 158 Å². The zero-order valence-corrected chi connectivity index (χ0v) is 15.9. The second-order valence-corrected chi connectivity index (χ2v) is 6.61. The maximum Gasteiger partial charge on any atom is 0.246 e. The van der Waals surface area contributed by atoms with Gasteiger partial charge in [-0.3, -0.25) is 9.59 Å². The van der Waals surface area contributed by atoms with Gasteiger partial charge in [0.05, 0.1) is 12.1 Å². The zero-order valence-electron chi connectivity index (χ0n) is 15.9. The number of benzene rings is 1. The molecule has 0 radical (unpaired) electrons. The Morgan fingerprint density at radius 3 is 2.37 bits per heavy atom. The number of amides is 2. The van der Waals surface area contributed by atoms with Crippen LogP contribution >= 0.6 is 0 Å². The molecule has 1 aromatic rings. The van der Waals surface area contributed by atoms with Crippen molar-refractivity contribution in [2.24, 2.45) is 0 Å². The highest BCUT2D eigenvalue weighted by Crippen LogP contribution is 2.14. The molecule has 0 heterocycles. The molecule has 6 nitrogen and oxygen atoms in total. The second-order valence-electron chi connectivity index (χ2n) is 6.61. The lowest BCUT2D eigenvalue weighted by Crippen LogP contribution is -2.47. The SMILES string of the molecule is CCCOCC(=O)NC(C)CC(O)C(Cc1cc(F)cc(F)c1)NC(C)=O. The number of aliphatic hydroxyl groups is 1. The number of halogens is 2. The number of rotatable bonds is 11. The molecule has 3 atom stereocenters. The van der Waals surface area contributed by atoms with Gasteiger partial charge >= 0.3 is 0 Å². The van der Waals surface area contributed by atoms with Gasteiger partial charge in [0, 0.05) is 25.6 Å². The fourth-order valence-electron chi connectivity index (χ4n) is 2.74. The van der Waals surface area contributed by atoms with E-state index in [0.717, 1.165) is 24.6 Å². The van der Waals surface area contributed by atoms with Gasteiger partial charge in [-0.25, -0.2) is 8.78 Å². The van der Waals surface area contributed by atoms with Crippen molar-refractivity contribution in [3.8, 4) is 0 Å². The van der Waals surface area contributed by atoms with Crippen molar-refractivity contribution in [1.29, 1.82) is 0 Å². The summed E-state index contributed by atoms with van der Waals surface area (Å²) in [6.07, 6.45) is -0.00873. The monoisotopic (exact) mass is 386 g/mol. The molecule has 0 saturated heterocycles. The van der Waals surface area contributed by atoms with Gasteiger partial charge in [0.2, 0.25) is 11.8 Å². The van der Waals surface area contributed by atoms with Crippen molar-refractivity contribution >= 4 is 11.8 Å². The first kappa shape index (κ1) is 23.0. The molecule has 3 N–H and O–H groups in total. The zero-order chi connectivity index (χ0) is 20.4. The van der Waals surface area contributed by atoms with E-state index in [2.05, 4.69) is 10.6 Å². The maximum atomic E-state index is 13.4. The van der Waals surface area contributed by atoms with Crippen LogP contribution in [-0.4, -0.2) is 48.3 Å². The quantitative estimate of drug-likeness (QED) is 0.505. The summed E-state index contributed by atoms with van der Waals surface area (Å²) in [6.45, 7) is 5.37. The molecule has 152 valence electrons. The molecule has 0 saturated carbocycles. The van der Waals surface area contributed by atoms with Gasteiger partial charge in [0.25, 0.3) is 0 Å². The molecule has 8 heteroatoms. The van der Waals surface area contributed by atoms with Gasteiger partial charge in [0.1, 0.15) is 18.2 Å². The Kier molecular flexibility index (Phi) is 9.88. The van der Waals surface area contributed by atoms with Crippen LogP contribution in [0.3, 0.4) is 0 Å². The van der Waals surface area contributed by atoms with Crippen molar-refractivity contribution in [2.75, 3.05) is 13.2 Å². The Balaban J connectivity index is 2.67. The van der Waals surface area contributed by atoms with E-state index in [1.807, 2.05) is 6.92 Å². The summed E-state index contributed by atoms with van der Waals surface area (Å²) in [7, 11) is 0. The van der Waals surface area contributed by atoms with Crippen LogP contribution in [0.25, 0.3) is 0 Å². The molecule has 0 spiro atoms. The van der Waals surface area contributed by atoms with E-state index in [9.17, 15) is 23.5 Å². The van der Waals surface area contributed by atoms with Gasteiger partial charge in [0.15, 0.2) is 0 Å². The van der Waals surface area contributed by atoms with E-state index in [1.54, 1.807) is 6.92 Å². The van der Waals surface area contributed by atoms with E-state index in [1.165, 1.54) is 6.92 Å². The van der Waals surface area contributed by atoms with E-state index >= 15 is 0 Å². The number of hydrogen-bond acceptors (Lipinski definition) is 4. The number of nitrogens with one attached hydrogen (secondary N) is 2. The molecule has 1 rings (SSSR count). The number of aliphatic hydroxyl groups excluding tert-OH is 1. The Hall–Kier alpha value is -2.06. The number of carbonyl (C=O) groups excluding carboxylic acids is 2.